The molecule has 170 valence electrons. The van der Waals surface area contributed by atoms with Gasteiger partial charge in [0, 0.05) is 11.0 Å². The molecule has 2 aromatic carbocycles. The standard InChI is InChI=1S/C30H44O/c1-29(2,3)23-11-10-14-25-17-15-24(16-18-25)12-8-7-9-13-26-19-21-27(22-20-26)28(31)30(4,5)6/h15-22H,7-14,23H2,1-6H3. The smallest absolute Gasteiger partial charge is 0.168 e. The summed E-state index contributed by atoms with van der Waals surface area (Å²) >= 11 is 0. The summed E-state index contributed by atoms with van der Waals surface area (Å²) in [5.41, 5.74) is 5.25. The lowest BCUT2D eigenvalue weighted by molar-refractivity contribution is 0.0858. The largest absolute Gasteiger partial charge is 0.294 e. The number of benzene rings is 2. The van der Waals surface area contributed by atoms with Gasteiger partial charge in [0.05, 0.1) is 0 Å². The van der Waals surface area contributed by atoms with Crippen LogP contribution in [-0.2, 0) is 19.3 Å². The monoisotopic (exact) mass is 420 g/mol. The van der Waals surface area contributed by atoms with Crippen molar-refractivity contribution in [2.45, 2.75) is 99.3 Å². The predicted molar refractivity (Wildman–Crippen MR) is 135 cm³/mol. The fourth-order valence-electron chi connectivity index (χ4n) is 3.95. The highest BCUT2D eigenvalue weighted by Crippen LogP contribution is 2.23. The lowest BCUT2D eigenvalue weighted by atomic mass is 9.86. The van der Waals surface area contributed by atoms with E-state index in [0.29, 0.717) is 5.41 Å². The average Bonchev–Trinajstić information content (AvgIpc) is 2.70. The van der Waals surface area contributed by atoms with E-state index >= 15 is 0 Å². The maximum Gasteiger partial charge on any atom is 0.168 e. The van der Waals surface area contributed by atoms with Crippen LogP contribution in [0.25, 0.3) is 0 Å². The number of carbonyl (C=O) groups is 1. The molecule has 0 saturated carbocycles. The van der Waals surface area contributed by atoms with Crippen molar-refractivity contribution in [1.82, 2.24) is 0 Å². The summed E-state index contributed by atoms with van der Waals surface area (Å²) in [5, 5.41) is 0. The summed E-state index contributed by atoms with van der Waals surface area (Å²) in [6.45, 7) is 12.9. The lowest BCUT2D eigenvalue weighted by Gasteiger charge is -2.17. The number of hydrogen-bond acceptors (Lipinski definition) is 1. The lowest BCUT2D eigenvalue weighted by Crippen LogP contribution is -2.20. The van der Waals surface area contributed by atoms with E-state index in [1.165, 1.54) is 68.1 Å². The molecular formula is C30H44O. The minimum absolute atomic E-state index is 0.218. The summed E-state index contributed by atoms with van der Waals surface area (Å²) in [4.78, 5) is 12.3. The fourth-order valence-corrected chi connectivity index (χ4v) is 3.95. The van der Waals surface area contributed by atoms with Gasteiger partial charge in [-0.1, -0.05) is 103 Å². The molecule has 0 atom stereocenters. The number of aryl methyl sites for hydroxylation is 3. The third kappa shape index (κ3) is 9.85. The van der Waals surface area contributed by atoms with E-state index in [4.69, 9.17) is 0 Å². The molecule has 0 aromatic heterocycles. The van der Waals surface area contributed by atoms with Gasteiger partial charge in [-0.25, -0.2) is 0 Å². The van der Waals surface area contributed by atoms with E-state index in [1.54, 1.807) is 0 Å². The summed E-state index contributed by atoms with van der Waals surface area (Å²) < 4.78 is 0. The third-order valence-electron chi connectivity index (χ3n) is 5.99. The van der Waals surface area contributed by atoms with Gasteiger partial charge < -0.3 is 0 Å². The fraction of sp³-hybridized carbons (Fsp3) is 0.567. The van der Waals surface area contributed by atoms with Crippen LogP contribution in [0.2, 0.25) is 0 Å². The summed E-state index contributed by atoms with van der Waals surface area (Å²) in [7, 11) is 0. The van der Waals surface area contributed by atoms with E-state index in [-0.39, 0.29) is 11.2 Å². The van der Waals surface area contributed by atoms with Gasteiger partial charge in [0.15, 0.2) is 5.78 Å². The zero-order valence-electron chi connectivity index (χ0n) is 20.9. The van der Waals surface area contributed by atoms with Crippen LogP contribution in [0.15, 0.2) is 48.5 Å². The van der Waals surface area contributed by atoms with Gasteiger partial charge in [-0.15, -0.1) is 0 Å². The molecule has 0 heterocycles. The maximum absolute atomic E-state index is 12.3. The molecule has 0 fully saturated rings. The minimum Gasteiger partial charge on any atom is -0.294 e. The van der Waals surface area contributed by atoms with Crippen LogP contribution in [0.1, 0.15) is 107 Å². The van der Waals surface area contributed by atoms with E-state index in [2.05, 4.69) is 57.2 Å². The second kappa shape index (κ2) is 11.7. The van der Waals surface area contributed by atoms with E-state index < -0.39 is 0 Å². The second-order valence-corrected chi connectivity index (χ2v) is 11.4. The first-order chi connectivity index (χ1) is 14.5. The van der Waals surface area contributed by atoms with Crippen LogP contribution >= 0.6 is 0 Å². The van der Waals surface area contributed by atoms with Crippen molar-refractivity contribution in [3.8, 4) is 0 Å². The Kier molecular flexibility index (Phi) is 9.54. The first kappa shape index (κ1) is 25.4. The van der Waals surface area contributed by atoms with Crippen molar-refractivity contribution in [3.05, 3.63) is 70.8 Å². The van der Waals surface area contributed by atoms with Crippen LogP contribution in [0.4, 0.5) is 0 Å². The molecule has 0 aliphatic rings. The highest BCUT2D eigenvalue weighted by molar-refractivity contribution is 5.99. The second-order valence-electron chi connectivity index (χ2n) is 11.4. The molecule has 2 rings (SSSR count). The van der Waals surface area contributed by atoms with Gasteiger partial charge in [-0.05, 0) is 67.1 Å². The van der Waals surface area contributed by atoms with Gasteiger partial charge in [-0.3, -0.25) is 4.79 Å². The Morgan fingerprint density at radius 2 is 0.968 bits per heavy atom. The summed E-state index contributed by atoms with van der Waals surface area (Å²) in [6, 6.07) is 17.5. The van der Waals surface area contributed by atoms with Gasteiger partial charge in [0.1, 0.15) is 0 Å². The Morgan fingerprint density at radius 3 is 1.35 bits per heavy atom. The van der Waals surface area contributed by atoms with Crippen LogP contribution in [0, 0.1) is 10.8 Å². The number of hydrogen-bond donors (Lipinski definition) is 0. The first-order valence-corrected chi connectivity index (χ1v) is 12.3. The number of rotatable bonds is 11. The molecule has 0 bridgehead atoms. The number of Topliss-reactive ketones (excluding diaryl/α,β-unsaturated/α-hetero) is 1. The van der Waals surface area contributed by atoms with E-state index in [0.717, 1.165) is 12.0 Å². The Bertz CT molecular complexity index is 782. The molecule has 0 amide bonds. The third-order valence-corrected chi connectivity index (χ3v) is 5.99. The zero-order valence-corrected chi connectivity index (χ0v) is 20.9. The number of ketones is 1. The quantitative estimate of drug-likeness (QED) is 0.262. The molecule has 2 aromatic rings. The van der Waals surface area contributed by atoms with Crippen molar-refractivity contribution in [2.75, 3.05) is 0 Å². The first-order valence-electron chi connectivity index (χ1n) is 12.3. The molecule has 0 aliphatic carbocycles. The van der Waals surface area contributed by atoms with E-state index in [1.807, 2.05) is 32.9 Å². The normalized spacial score (nSPS) is 12.2. The van der Waals surface area contributed by atoms with Crippen molar-refractivity contribution in [3.63, 3.8) is 0 Å². The van der Waals surface area contributed by atoms with Gasteiger partial charge >= 0.3 is 0 Å². The van der Waals surface area contributed by atoms with Gasteiger partial charge in [0.25, 0.3) is 0 Å². The molecule has 0 N–H and O–H groups in total. The zero-order chi connectivity index (χ0) is 22.9. The SMILES string of the molecule is CC(C)(C)CCCCc1ccc(CCCCCc2ccc(C(=O)C(C)(C)C)cc2)cc1. The molecule has 0 spiro atoms. The van der Waals surface area contributed by atoms with Crippen molar-refractivity contribution < 1.29 is 4.79 Å². The molecule has 0 aliphatic heterocycles. The van der Waals surface area contributed by atoms with Gasteiger partial charge in [-0.2, -0.15) is 0 Å². The van der Waals surface area contributed by atoms with Gasteiger partial charge in [0.2, 0.25) is 0 Å². The Morgan fingerprint density at radius 1 is 0.581 bits per heavy atom. The summed E-state index contributed by atoms with van der Waals surface area (Å²) in [6.07, 6.45) is 11.1. The summed E-state index contributed by atoms with van der Waals surface area (Å²) in [5.74, 6) is 0.218. The predicted octanol–water partition coefficient (Wildman–Crippen LogP) is 8.63. The van der Waals surface area contributed by atoms with Crippen molar-refractivity contribution in [1.29, 1.82) is 0 Å². The van der Waals surface area contributed by atoms with Crippen LogP contribution < -0.4 is 0 Å². The topological polar surface area (TPSA) is 17.1 Å². The Labute approximate surface area is 191 Å². The van der Waals surface area contributed by atoms with Crippen molar-refractivity contribution >= 4 is 5.78 Å². The molecule has 31 heavy (non-hydrogen) atoms. The average molecular weight is 421 g/mol. The van der Waals surface area contributed by atoms with Crippen molar-refractivity contribution in [2.24, 2.45) is 10.8 Å². The molecule has 0 saturated heterocycles. The molecule has 1 nitrogen and oxygen atoms in total. The number of unbranched alkanes of at least 4 members (excludes halogenated alkanes) is 3. The molecular weight excluding hydrogens is 376 g/mol. The Balaban J connectivity index is 1.64. The molecule has 1 heteroatoms. The molecule has 0 radical (unpaired) electrons. The number of carbonyl (C=O) groups excluding carboxylic acids is 1. The highest BCUT2D eigenvalue weighted by atomic mass is 16.1. The highest BCUT2D eigenvalue weighted by Gasteiger charge is 2.22. The van der Waals surface area contributed by atoms with Crippen LogP contribution in [0.3, 0.4) is 0 Å². The molecule has 0 unspecified atom stereocenters. The van der Waals surface area contributed by atoms with E-state index in [9.17, 15) is 4.79 Å². The minimum atomic E-state index is -0.314. The maximum atomic E-state index is 12.3. The van der Waals surface area contributed by atoms with Crippen LogP contribution in [-0.4, -0.2) is 5.78 Å². The van der Waals surface area contributed by atoms with Crippen LogP contribution in [0.5, 0.6) is 0 Å². The Hall–Kier alpha value is -1.89.